The van der Waals surface area contributed by atoms with Crippen LogP contribution in [-0.2, 0) is 6.54 Å². The standard InChI is InChI=1S/C18H21N5O3/c1-2-10-23-17(25)13-15(21-14(20-13)11-6-3-4-7-11)22-18(23)26-12-8-5-9-19-16(12)24/h5,8-9,11H,2-4,6-7,10H2,1H3,(H,19,24)(H,20,21). The summed E-state index contributed by atoms with van der Waals surface area (Å²) >= 11 is 0. The van der Waals surface area contributed by atoms with E-state index in [0.717, 1.165) is 25.1 Å². The maximum Gasteiger partial charge on any atom is 0.307 e. The SMILES string of the molecule is CCCn1c(Oc2ccc[nH]c2=O)nc2nc(C3CCCC3)[nH]c2c1=O. The largest absolute Gasteiger partial charge is 0.419 e. The summed E-state index contributed by atoms with van der Waals surface area (Å²) in [7, 11) is 0. The van der Waals surface area contributed by atoms with Crippen molar-refractivity contribution in [3.05, 3.63) is 44.9 Å². The molecule has 1 fully saturated rings. The van der Waals surface area contributed by atoms with E-state index in [9.17, 15) is 9.59 Å². The van der Waals surface area contributed by atoms with Crippen molar-refractivity contribution in [2.24, 2.45) is 0 Å². The van der Waals surface area contributed by atoms with Crippen LogP contribution in [-0.4, -0.2) is 24.5 Å². The average molecular weight is 355 g/mol. The summed E-state index contributed by atoms with van der Waals surface area (Å²) in [6.45, 7) is 2.41. The predicted octanol–water partition coefficient (Wildman–Crippen LogP) is 2.67. The average Bonchev–Trinajstić information content (AvgIpc) is 3.29. The third-order valence-corrected chi connectivity index (χ3v) is 4.77. The summed E-state index contributed by atoms with van der Waals surface area (Å²) in [6.07, 6.45) is 6.77. The molecule has 1 aliphatic rings. The second-order valence-corrected chi connectivity index (χ2v) is 6.62. The Bertz CT molecular complexity index is 1040. The van der Waals surface area contributed by atoms with Crippen molar-refractivity contribution in [1.29, 1.82) is 0 Å². The van der Waals surface area contributed by atoms with Crippen LogP contribution in [0.15, 0.2) is 27.9 Å². The molecule has 2 N–H and O–H groups in total. The van der Waals surface area contributed by atoms with Crippen LogP contribution in [0.4, 0.5) is 0 Å². The van der Waals surface area contributed by atoms with Crippen LogP contribution >= 0.6 is 0 Å². The van der Waals surface area contributed by atoms with Crippen molar-refractivity contribution >= 4 is 11.2 Å². The van der Waals surface area contributed by atoms with Crippen LogP contribution in [0.3, 0.4) is 0 Å². The van der Waals surface area contributed by atoms with Gasteiger partial charge in [-0.1, -0.05) is 19.8 Å². The molecule has 0 saturated heterocycles. The summed E-state index contributed by atoms with van der Waals surface area (Å²) in [4.78, 5) is 39.5. The van der Waals surface area contributed by atoms with Gasteiger partial charge in [0.15, 0.2) is 16.9 Å². The number of aromatic nitrogens is 5. The van der Waals surface area contributed by atoms with Gasteiger partial charge in [-0.25, -0.2) is 4.98 Å². The molecular weight excluding hydrogens is 334 g/mol. The molecule has 1 saturated carbocycles. The number of rotatable bonds is 5. The molecule has 0 spiro atoms. The fourth-order valence-corrected chi connectivity index (χ4v) is 3.46. The highest BCUT2D eigenvalue weighted by Gasteiger charge is 2.23. The minimum absolute atomic E-state index is 0.0884. The fourth-order valence-electron chi connectivity index (χ4n) is 3.46. The first-order valence-corrected chi connectivity index (χ1v) is 9.03. The Morgan fingerprint density at radius 1 is 1.27 bits per heavy atom. The molecule has 8 heteroatoms. The zero-order chi connectivity index (χ0) is 18.1. The van der Waals surface area contributed by atoms with E-state index in [4.69, 9.17) is 4.74 Å². The third-order valence-electron chi connectivity index (χ3n) is 4.77. The molecule has 1 aliphatic carbocycles. The lowest BCUT2D eigenvalue weighted by Gasteiger charge is -2.10. The molecule has 0 radical (unpaired) electrons. The van der Waals surface area contributed by atoms with E-state index in [1.54, 1.807) is 12.1 Å². The summed E-state index contributed by atoms with van der Waals surface area (Å²) in [5.41, 5.74) is 0.135. The Balaban J connectivity index is 1.82. The van der Waals surface area contributed by atoms with Gasteiger partial charge in [-0.3, -0.25) is 14.2 Å². The fraction of sp³-hybridized carbons (Fsp3) is 0.444. The molecule has 3 heterocycles. The zero-order valence-corrected chi connectivity index (χ0v) is 14.6. The van der Waals surface area contributed by atoms with Crippen LogP contribution < -0.4 is 15.9 Å². The van der Waals surface area contributed by atoms with Gasteiger partial charge in [0.1, 0.15) is 5.82 Å². The van der Waals surface area contributed by atoms with Crippen molar-refractivity contribution in [2.75, 3.05) is 0 Å². The number of fused-ring (bicyclic) bond motifs is 1. The van der Waals surface area contributed by atoms with Crippen molar-refractivity contribution < 1.29 is 4.74 Å². The van der Waals surface area contributed by atoms with Gasteiger partial charge in [0.25, 0.3) is 11.1 Å². The van der Waals surface area contributed by atoms with Gasteiger partial charge in [-0.05, 0) is 31.4 Å². The van der Waals surface area contributed by atoms with Gasteiger partial charge in [0.2, 0.25) is 0 Å². The smallest absolute Gasteiger partial charge is 0.307 e. The van der Waals surface area contributed by atoms with E-state index in [0.29, 0.717) is 23.6 Å². The van der Waals surface area contributed by atoms with Crippen LogP contribution in [0.25, 0.3) is 11.2 Å². The summed E-state index contributed by atoms with van der Waals surface area (Å²) in [5.74, 6) is 1.26. The summed E-state index contributed by atoms with van der Waals surface area (Å²) < 4.78 is 7.12. The molecule has 0 aliphatic heterocycles. The van der Waals surface area contributed by atoms with Gasteiger partial charge in [0.05, 0.1) is 0 Å². The molecule has 0 aromatic carbocycles. The van der Waals surface area contributed by atoms with Crippen molar-refractivity contribution in [3.8, 4) is 11.8 Å². The van der Waals surface area contributed by atoms with Gasteiger partial charge >= 0.3 is 6.01 Å². The molecule has 136 valence electrons. The molecule has 26 heavy (non-hydrogen) atoms. The Hall–Kier alpha value is -2.90. The summed E-state index contributed by atoms with van der Waals surface area (Å²) in [6, 6.07) is 3.29. The molecule has 0 amide bonds. The van der Waals surface area contributed by atoms with E-state index in [1.807, 2.05) is 6.92 Å². The lowest BCUT2D eigenvalue weighted by Crippen LogP contribution is -2.23. The van der Waals surface area contributed by atoms with E-state index >= 15 is 0 Å². The zero-order valence-electron chi connectivity index (χ0n) is 14.6. The summed E-state index contributed by atoms with van der Waals surface area (Å²) in [5, 5.41) is 0. The molecule has 8 nitrogen and oxygen atoms in total. The molecule has 4 rings (SSSR count). The minimum Gasteiger partial charge on any atom is -0.419 e. The number of imidazole rings is 1. The van der Waals surface area contributed by atoms with Gasteiger partial charge in [0, 0.05) is 18.7 Å². The number of nitrogens with one attached hydrogen (secondary N) is 2. The molecule has 0 unspecified atom stereocenters. The number of H-pyrrole nitrogens is 2. The van der Waals surface area contributed by atoms with Gasteiger partial charge in [-0.2, -0.15) is 4.98 Å². The number of hydrogen-bond acceptors (Lipinski definition) is 5. The van der Waals surface area contributed by atoms with Gasteiger partial charge in [-0.15, -0.1) is 0 Å². The first-order valence-electron chi connectivity index (χ1n) is 9.03. The minimum atomic E-state index is -0.376. The van der Waals surface area contributed by atoms with Crippen LogP contribution in [0, 0.1) is 0 Å². The van der Waals surface area contributed by atoms with Crippen LogP contribution in [0.1, 0.15) is 50.8 Å². The number of ether oxygens (including phenoxy) is 1. The lowest BCUT2D eigenvalue weighted by atomic mass is 10.1. The van der Waals surface area contributed by atoms with E-state index < -0.39 is 0 Å². The van der Waals surface area contributed by atoms with E-state index in [1.165, 1.54) is 23.6 Å². The topological polar surface area (TPSA) is 106 Å². The second kappa shape index (κ2) is 6.78. The van der Waals surface area contributed by atoms with Crippen LogP contribution in [0.2, 0.25) is 0 Å². The highest BCUT2D eigenvalue weighted by atomic mass is 16.5. The monoisotopic (exact) mass is 355 g/mol. The van der Waals surface area contributed by atoms with Gasteiger partial charge < -0.3 is 14.7 Å². The molecule has 3 aromatic rings. The highest BCUT2D eigenvalue weighted by molar-refractivity contribution is 5.70. The lowest BCUT2D eigenvalue weighted by molar-refractivity contribution is 0.393. The quantitative estimate of drug-likeness (QED) is 0.732. The molecular formula is C18H21N5O3. The normalized spacial score (nSPS) is 15.0. The highest BCUT2D eigenvalue weighted by Crippen LogP contribution is 2.33. The van der Waals surface area contributed by atoms with Crippen molar-refractivity contribution in [2.45, 2.75) is 51.5 Å². The van der Waals surface area contributed by atoms with E-state index in [-0.39, 0.29) is 22.9 Å². The van der Waals surface area contributed by atoms with E-state index in [2.05, 4.69) is 19.9 Å². The Labute approximate surface area is 149 Å². The molecule has 3 aromatic heterocycles. The Kier molecular flexibility index (Phi) is 4.32. The maximum atomic E-state index is 12.9. The Morgan fingerprint density at radius 2 is 2.08 bits per heavy atom. The van der Waals surface area contributed by atoms with Crippen LogP contribution in [0.5, 0.6) is 11.8 Å². The number of nitrogens with zero attached hydrogens (tertiary/aromatic N) is 3. The number of pyridine rings is 1. The first-order chi connectivity index (χ1) is 12.7. The number of aromatic amines is 2. The second-order valence-electron chi connectivity index (χ2n) is 6.62. The van der Waals surface area contributed by atoms with Crippen molar-refractivity contribution in [1.82, 2.24) is 24.5 Å². The first kappa shape index (κ1) is 16.6. The maximum absolute atomic E-state index is 12.9. The predicted molar refractivity (Wildman–Crippen MR) is 96.8 cm³/mol. The molecule has 0 bridgehead atoms. The Morgan fingerprint density at radius 3 is 2.81 bits per heavy atom. The van der Waals surface area contributed by atoms with Crippen molar-refractivity contribution in [3.63, 3.8) is 0 Å². The number of hydrogen-bond donors (Lipinski definition) is 2. The third kappa shape index (κ3) is 2.91. The molecule has 0 atom stereocenters.